The molecule has 0 heterocycles. The van der Waals surface area contributed by atoms with Crippen molar-refractivity contribution >= 4 is 17.3 Å². The predicted octanol–water partition coefficient (Wildman–Crippen LogP) is 2.88. The van der Waals surface area contributed by atoms with Crippen molar-refractivity contribution in [3.8, 4) is 0 Å². The van der Waals surface area contributed by atoms with E-state index in [0.29, 0.717) is 5.92 Å². The lowest BCUT2D eigenvalue weighted by molar-refractivity contribution is 0.274. The van der Waals surface area contributed by atoms with Crippen LogP contribution in [0.3, 0.4) is 0 Å². The maximum Gasteiger partial charge on any atom is 0.168 e. The first-order valence-electron chi connectivity index (χ1n) is 7.05. The van der Waals surface area contributed by atoms with Crippen LogP contribution in [0.4, 0.5) is 0 Å². The van der Waals surface area contributed by atoms with E-state index in [1.807, 2.05) is 0 Å². The molecule has 98 valence electrons. The Bertz CT molecular complexity index is 277. The summed E-state index contributed by atoms with van der Waals surface area (Å²) < 4.78 is 0. The molecule has 3 atom stereocenters. The van der Waals surface area contributed by atoms with Crippen molar-refractivity contribution in [2.75, 3.05) is 20.1 Å². The summed E-state index contributed by atoms with van der Waals surface area (Å²) in [6, 6.07) is 0. The molecule has 0 aromatic carbocycles. The van der Waals surface area contributed by atoms with E-state index in [1.165, 1.54) is 25.7 Å². The SMILES string of the molecule is CC(C)CNC(=S)N(C)CC1CC2CCC1C2. The minimum absolute atomic E-state index is 0.656. The van der Waals surface area contributed by atoms with Gasteiger partial charge in [0.15, 0.2) is 5.11 Å². The summed E-state index contributed by atoms with van der Waals surface area (Å²) >= 11 is 5.43. The van der Waals surface area contributed by atoms with Crippen LogP contribution in [0.5, 0.6) is 0 Å². The van der Waals surface area contributed by atoms with E-state index < -0.39 is 0 Å². The molecular formula is C14H26N2S. The molecule has 0 amide bonds. The van der Waals surface area contributed by atoms with Crippen LogP contribution in [0, 0.1) is 23.7 Å². The number of rotatable bonds is 4. The van der Waals surface area contributed by atoms with E-state index in [4.69, 9.17) is 12.2 Å². The van der Waals surface area contributed by atoms with Crippen molar-refractivity contribution in [3.05, 3.63) is 0 Å². The third-order valence-corrected chi connectivity index (χ3v) is 4.86. The highest BCUT2D eigenvalue weighted by Gasteiger charge is 2.39. The summed E-state index contributed by atoms with van der Waals surface area (Å²) in [6.07, 6.45) is 5.89. The number of hydrogen-bond donors (Lipinski definition) is 1. The van der Waals surface area contributed by atoms with E-state index in [9.17, 15) is 0 Å². The molecule has 0 radical (unpaired) electrons. The molecule has 2 aliphatic carbocycles. The molecule has 2 aliphatic rings. The standard InChI is InChI=1S/C14H26N2S/c1-10(2)8-15-14(17)16(3)9-13-7-11-4-5-12(13)6-11/h10-13H,4-9H2,1-3H3,(H,15,17). The molecule has 17 heavy (non-hydrogen) atoms. The summed E-state index contributed by atoms with van der Waals surface area (Å²) in [5.74, 6) is 3.59. The zero-order chi connectivity index (χ0) is 12.4. The van der Waals surface area contributed by atoms with Crippen molar-refractivity contribution < 1.29 is 0 Å². The van der Waals surface area contributed by atoms with Gasteiger partial charge in [0, 0.05) is 20.1 Å². The Labute approximate surface area is 111 Å². The molecule has 2 fully saturated rings. The van der Waals surface area contributed by atoms with Crippen LogP contribution >= 0.6 is 12.2 Å². The van der Waals surface area contributed by atoms with Crippen molar-refractivity contribution in [2.24, 2.45) is 23.7 Å². The Hall–Kier alpha value is -0.310. The first-order valence-corrected chi connectivity index (χ1v) is 7.46. The molecule has 0 spiro atoms. The lowest BCUT2D eigenvalue weighted by Crippen LogP contribution is -2.41. The van der Waals surface area contributed by atoms with E-state index in [1.54, 1.807) is 0 Å². The largest absolute Gasteiger partial charge is 0.362 e. The summed E-state index contributed by atoms with van der Waals surface area (Å²) in [6.45, 7) is 6.57. The van der Waals surface area contributed by atoms with Crippen LogP contribution in [0.2, 0.25) is 0 Å². The summed E-state index contributed by atoms with van der Waals surface area (Å²) in [5, 5.41) is 4.29. The maximum absolute atomic E-state index is 5.43. The Balaban J connectivity index is 1.73. The number of fused-ring (bicyclic) bond motifs is 2. The van der Waals surface area contributed by atoms with Gasteiger partial charge in [-0.2, -0.15) is 0 Å². The number of nitrogens with zero attached hydrogens (tertiary/aromatic N) is 1. The smallest absolute Gasteiger partial charge is 0.168 e. The lowest BCUT2D eigenvalue weighted by atomic mass is 9.88. The van der Waals surface area contributed by atoms with Crippen molar-refractivity contribution in [3.63, 3.8) is 0 Å². The monoisotopic (exact) mass is 254 g/mol. The fourth-order valence-corrected chi connectivity index (χ4v) is 3.62. The Morgan fingerprint density at radius 3 is 2.65 bits per heavy atom. The van der Waals surface area contributed by atoms with Crippen LogP contribution in [-0.4, -0.2) is 30.1 Å². The first kappa shape index (κ1) is 13.1. The summed E-state index contributed by atoms with van der Waals surface area (Å²) in [5.41, 5.74) is 0. The van der Waals surface area contributed by atoms with E-state index >= 15 is 0 Å². The molecule has 3 heteroatoms. The van der Waals surface area contributed by atoms with Crippen LogP contribution in [0.15, 0.2) is 0 Å². The quantitative estimate of drug-likeness (QED) is 0.777. The topological polar surface area (TPSA) is 15.3 Å². The molecule has 2 rings (SSSR count). The highest BCUT2D eigenvalue weighted by Crippen LogP contribution is 2.48. The van der Waals surface area contributed by atoms with Gasteiger partial charge in [0.25, 0.3) is 0 Å². The van der Waals surface area contributed by atoms with Crippen LogP contribution in [0.25, 0.3) is 0 Å². The summed E-state index contributed by atoms with van der Waals surface area (Å²) in [4.78, 5) is 2.25. The minimum atomic E-state index is 0.656. The minimum Gasteiger partial charge on any atom is -0.362 e. The van der Waals surface area contributed by atoms with E-state index in [-0.39, 0.29) is 0 Å². The fourth-order valence-electron chi connectivity index (χ4n) is 3.46. The number of thiocarbonyl (C=S) groups is 1. The molecule has 0 aliphatic heterocycles. The molecule has 3 unspecified atom stereocenters. The second-order valence-electron chi connectivity index (χ2n) is 6.40. The summed E-state index contributed by atoms with van der Waals surface area (Å²) in [7, 11) is 2.14. The molecule has 2 saturated carbocycles. The molecular weight excluding hydrogens is 228 g/mol. The zero-order valence-electron chi connectivity index (χ0n) is 11.4. The van der Waals surface area contributed by atoms with Gasteiger partial charge >= 0.3 is 0 Å². The van der Waals surface area contributed by atoms with Gasteiger partial charge in [0.05, 0.1) is 0 Å². The molecule has 1 N–H and O–H groups in total. The van der Waals surface area contributed by atoms with Crippen LogP contribution in [0.1, 0.15) is 39.5 Å². The van der Waals surface area contributed by atoms with E-state index in [0.717, 1.165) is 36.0 Å². The third-order valence-electron chi connectivity index (χ3n) is 4.40. The van der Waals surface area contributed by atoms with Crippen LogP contribution in [-0.2, 0) is 0 Å². The van der Waals surface area contributed by atoms with Gasteiger partial charge in [-0.3, -0.25) is 0 Å². The normalized spacial score (nSPS) is 30.9. The van der Waals surface area contributed by atoms with Crippen molar-refractivity contribution in [1.82, 2.24) is 10.2 Å². The second-order valence-corrected chi connectivity index (χ2v) is 6.78. The van der Waals surface area contributed by atoms with Gasteiger partial charge in [-0.1, -0.05) is 20.3 Å². The lowest BCUT2D eigenvalue weighted by Gasteiger charge is -2.29. The predicted molar refractivity (Wildman–Crippen MR) is 77.0 cm³/mol. The average Bonchev–Trinajstić information content (AvgIpc) is 2.87. The van der Waals surface area contributed by atoms with E-state index in [2.05, 4.69) is 31.1 Å². The molecule has 2 nitrogen and oxygen atoms in total. The number of hydrogen-bond acceptors (Lipinski definition) is 1. The van der Waals surface area contributed by atoms with Crippen molar-refractivity contribution in [2.45, 2.75) is 39.5 Å². The van der Waals surface area contributed by atoms with Gasteiger partial charge in [-0.05, 0) is 55.2 Å². The molecule has 0 aromatic rings. The fraction of sp³-hybridized carbons (Fsp3) is 0.929. The Morgan fingerprint density at radius 1 is 1.35 bits per heavy atom. The molecule has 2 bridgehead atoms. The Morgan fingerprint density at radius 2 is 2.12 bits per heavy atom. The van der Waals surface area contributed by atoms with Gasteiger partial charge in [0.1, 0.15) is 0 Å². The highest BCUT2D eigenvalue weighted by atomic mass is 32.1. The van der Waals surface area contributed by atoms with Gasteiger partial charge < -0.3 is 10.2 Å². The number of nitrogens with one attached hydrogen (secondary N) is 1. The third kappa shape index (κ3) is 3.34. The highest BCUT2D eigenvalue weighted by molar-refractivity contribution is 7.80. The van der Waals surface area contributed by atoms with Crippen molar-refractivity contribution in [1.29, 1.82) is 0 Å². The Kier molecular flexibility index (Phi) is 4.29. The second kappa shape index (κ2) is 5.55. The molecule has 0 aromatic heterocycles. The van der Waals surface area contributed by atoms with Gasteiger partial charge in [0.2, 0.25) is 0 Å². The zero-order valence-corrected chi connectivity index (χ0v) is 12.2. The van der Waals surface area contributed by atoms with Gasteiger partial charge in [-0.15, -0.1) is 0 Å². The first-order chi connectivity index (χ1) is 8.06. The van der Waals surface area contributed by atoms with Gasteiger partial charge in [-0.25, -0.2) is 0 Å². The maximum atomic E-state index is 5.43. The average molecular weight is 254 g/mol. The molecule has 0 saturated heterocycles. The van der Waals surface area contributed by atoms with Crippen LogP contribution < -0.4 is 5.32 Å².